The van der Waals surface area contributed by atoms with Gasteiger partial charge in [-0.1, -0.05) is 32.1 Å². The van der Waals surface area contributed by atoms with Gasteiger partial charge >= 0.3 is 5.97 Å². The van der Waals surface area contributed by atoms with E-state index in [-0.39, 0.29) is 5.69 Å². The van der Waals surface area contributed by atoms with Gasteiger partial charge in [0.05, 0.1) is 6.20 Å². The van der Waals surface area contributed by atoms with Crippen LogP contribution in [0, 0.1) is 5.92 Å². The van der Waals surface area contributed by atoms with Crippen molar-refractivity contribution >= 4 is 5.97 Å². The van der Waals surface area contributed by atoms with Crippen LogP contribution in [0.5, 0.6) is 0 Å². The number of hydrogen-bond acceptors (Lipinski definition) is 2. The molecule has 0 saturated heterocycles. The molecule has 1 heterocycles. The maximum absolute atomic E-state index is 10.9. The fourth-order valence-electron chi connectivity index (χ4n) is 2.69. The maximum atomic E-state index is 10.9. The van der Waals surface area contributed by atoms with E-state index in [4.69, 9.17) is 5.11 Å². The number of carboxylic acids is 1. The third kappa shape index (κ3) is 2.87. The third-order valence-corrected chi connectivity index (χ3v) is 3.80. The van der Waals surface area contributed by atoms with E-state index in [9.17, 15) is 4.79 Å². The first-order chi connectivity index (χ1) is 8.18. The second-order valence-corrected chi connectivity index (χ2v) is 4.97. The van der Waals surface area contributed by atoms with Crippen molar-refractivity contribution < 1.29 is 9.90 Å². The predicted octanol–water partition coefficient (Wildman–Crippen LogP) is 2.63. The Balaban J connectivity index is 1.92. The Morgan fingerprint density at radius 3 is 2.76 bits per heavy atom. The molecule has 0 amide bonds. The zero-order valence-electron chi connectivity index (χ0n) is 10.4. The first-order valence-corrected chi connectivity index (χ1v) is 6.42. The van der Waals surface area contributed by atoms with Crippen LogP contribution in [0.4, 0.5) is 0 Å². The first-order valence-electron chi connectivity index (χ1n) is 6.42. The van der Waals surface area contributed by atoms with Crippen molar-refractivity contribution in [3.8, 4) is 0 Å². The van der Waals surface area contributed by atoms with Crippen LogP contribution in [0.1, 0.15) is 54.8 Å². The number of aromatic carboxylic acids is 1. The molecule has 1 aromatic heterocycles. The molecule has 0 aromatic carbocycles. The van der Waals surface area contributed by atoms with E-state index in [2.05, 4.69) is 4.98 Å². The maximum Gasteiger partial charge on any atom is 0.354 e. The summed E-state index contributed by atoms with van der Waals surface area (Å²) in [6, 6.07) is 0. The van der Waals surface area contributed by atoms with Gasteiger partial charge < -0.3 is 9.67 Å². The molecule has 0 bridgehead atoms. The second-order valence-electron chi connectivity index (χ2n) is 4.97. The number of carbonyl (C=O) groups is 1. The first kappa shape index (κ1) is 12.1. The smallest absolute Gasteiger partial charge is 0.354 e. The largest absolute Gasteiger partial charge is 0.477 e. The van der Waals surface area contributed by atoms with Gasteiger partial charge in [-0.15, -0.1) is 0 Å². The average molecular weight is 236 g/mol. The number of aromatic nitrogens is 2. The Kier molecular flexibility index (Phi) is 3.82. The summed E-state index contributed by atoms with van der Waals surface area (Å²) in [4.78, 5) is 15.1. The predicted molar refractivity (Wildman–Crippen MR) is 65.1 cm³/mol. The van der Waals surface area contributed by atoms with Crippen molar-refractivity contribution in [1.29, 1.82) is 0 Å². The number of hydrogen-bond donors (Lipinski definition) is 1. The molecule has 1 fully saturated rings. The number of nitrogens with zero attached hydrogens (tertiary/aromatic N) is 2. The molecule has 0 atom stereocenters. The molecule has 2 rings (SSSR count). The van der Waals surface area contributed by atoms with Gasteiger partial charge in [-0.05, 0) is 12.3 Å². The molecule has 1 aromatic rings. The van der Waals surface area contributed by atoms with Crippen molar-refractivity contribution in [2.75, 3.05) is 0 Å². The highest BCUT2D eigenvalue weighted by Gasteiger charge is 2.16. The molecule has 0 unspecified atom stereocenters. The van der Waals surface area contributed by atoms with Crippen molar-refractivity contribution in [3.05, 3.63) is 17.7 Å². The summed E-state index contributed by atoms with van der Waals surface area (Å²) < 4.78 is 1.70. The summed E-state index contributed by atoms with van der Waals surface area (Å²) in [5.41, 5.74) is 0.281. The van der Waals surface area contributed by atoms with Crippen LogP contribution < -0.4 is 0 Å². The van der Waals surface area contributed by atoms with Gasteiger partial charge in [-0.25, -0.2) is 9.78 Å². The minimum Gasteiger partial charge on any atom is -0.477 e. The van der Waals surface area contributed by atoms with E-state index < -0.39 is 5.97 Å². The number of rotatable bonds is 4. The summed E-state index contributed by atoms with van der Waals surface area (Å²) in [7, 11) is 1.78. The summed E-state index contributed by atoms with van der Waals surface area (Å²) in [5.74, 6) is 0.811. The summed E-state index contributed by atoms with van der Waals surface area (Å²) in [5, 5.41) is 8.94. The van der Waals surface area contributed by atoms with Crippen LogP contribution in [0.2, 0.25) is 0 Å². The topological polar surface area (TPSA) is 55.1 Å². The lowest BCUT2D eigenvalue weighted by atomic mass is 9.86. The van der Waals surface area contributed by atoms with Crippen LogP contribution in [0.3, 0.4) is 0 Å². The standard InChI is InChI=1S/C13H20N2O2/c1-15-11(13(16)17)9-14-12(15)8-7-10-5-3-2-4-6-10/h9-10H,2-8H2,1H3,(H,16,17). The summed E-state index contributed by atoms with van der Waals surface area (Å²) >= 11 is 0. The fraction of sp³-hybridized carbons (Fsp3) is 0.692. The van der Waals surface area contributed by atoms with Gasteiger partial charge in [0.2, 0.25) is 0 Å². The van der Waals surface area contributed by atoms with Gasteiger partial charge in [0.15, 0.2) is 0 Å². The van der Waals surface area contributed by atoms with Crippen molar-refractivity contribution in [2.24, 2.45) is 13.0 Å². The minimum absolute atomic E-state index is 0.281. The Bertz CT molecular complexity index is 392. The van der Waals surface area contributed by atoms with Gasteiger partial charge in [-0.2, -0.15) is 0 Å². The summed E-state index contributed by atoms with van der Waals surface area (Å²) in [6.07, 6.45) is 10.2. The Morgan fingerprint density at radius 1 is 1.47 bits per heavy atom. The average Bonchev–Trinajstić information content (AvgIpc) is 2.69. The Hall–Kier alpha value is -1.32. The molecular weight excluding hydrogens is 216 g/mol. The quantitative estimate of drug-likeness (QED) is 0.874. The van der Waals surface area contributed by atoms with Crippen LogP contribution in [-0.4, -0.2) is 20.6 Å². The molecule has 1 aliphatic carbocycles. The number of imidazole rings is 1. The van der Waals surface area contributed by atoms with Crippen LogP contribution >= 0.6 is 0 Å². The molecular formula is C13H20N2O2. The summed E-state index contributed by atoms with van der Waals surface area (Å²) in [6.45, 7) is 0. The molecule has 1 N–H and O–H groups in total. The van der Waals surface area contributed by atoms with Gasteiger partial charge in [0, 0.05) is 13.5 Å². The zero-order valence-corrected chi connectivity index (χ0v) is 10.4. The van der Waals surface area contributed by atoms with Gasteiger partial charge in [0.1, 0.15) is 11.5 Å². The SMILES string of the molecule is Cn1c(C(=O)O)cnc1CCC1CCCCC1. The van der Waals surface area contributed by atoms with Gasteiger partial charge in [-0.3, -0.25) is 0 Å². The molecule has 4 nitrogen and oxygen atoms in total. The molecule has 17 heavy (non-hydrogen) atoms. The zero-order chi connectivity index (χ0) is 12.3. The Labute approximate surface area is 102 Å². The van der Waals surface area contributed by atoms with E-state index in [0.717, 1.165) is 24.6 Å². The molecule has 94 valence electrons. The van der Waals surface area contributed by atoms with E-state index in [0.29, 0.717) is 0 Å². The van der Waals surface area contributed by atoms with Crippen LogP contribution in [0.15, 0.2) is 6.20 Å². The monoisotopic (exact) mass is 236 g/mol. The third-order valence-electron chi connectivity index (χ3n) is 3.80. The highest BCUT2D eigenvalue weighted by atomic mass is 16.4. The fourth-order valence-corrected chi connectivity index (χ4v) is 2.69. The van der Waals surface area contributed by atoms with Crippen molar-refractivity contribution in [3.63, 3.8) is 0 Å². The van der Waals surface area contributed by atoms with E-state index in [1.807, 2.05) is 0 Å². The van der Waals surface area contributed by atoms with Crippen LogP contribution in [0.25, 0.3) is 0 Å². The molecule has 0 spiro atoms. The molecule has 4 heteroatoms. The second kappa shape index (κ2) is 5.34. The molecule has 1 aliphatic rings. The van der Waals surface area contributed by atoms with E-state index in [1.54, 1.807) is 11.6 Å². The normalized spacial score (nSPS) is 17.2. The van der Waals surface area contributed by atoms with Crippen molar-refractivity contribution in [1.82, 2.24) is 9.55 Å². The number of aryl methyl sites for hydroxylation is 1. The molecule has 1 saturated carbocycles. The lowest BCUT2D eigenvalue weighted by Gasteiger charge is -2.21. The minimum atomic E-state index is -0.899. The molecule has 0 radical (unpaired) electrons. The van der Waals surface area contributed by atoms with E-state index in [1.165, 1.54) is 38.3 Å². The Morgan fingerprint density at radius 2 is 2.18 bits per heavy atom. The van der Waals surface area contributed by atoms with E-state index >= 15 is 0 Å². The van der Waals surface area contributed by atoms with Crippen molar-refractivity contribution in [2.45, 2.75) is 44.9 Å². The molecule has 0 aliphatic heterocycles. The highest BCUT2D eigenvalue weighted by Crippen LogP contribution is 2.27. The van der Waals surface area contributed by atoms with Crippen LogP contribution in [-0.2, 0) is 13.5 Å². The number of carboxylic acid groups (broad SMARTS) is 1. The lowest BCUT2D eigenvalue weighted by molar-refractivity contribution is 0.0686. The lowest BCUT2D eigenvalue weighted by Crippen LogP contribution is -2.11. The van der Waals surface area contributed by atoms with Gasteiger partial charge in [0.25, 0.3) is 0 Å². The highest BCUT2D eigenvalue weighted by molar-refractivity contribution is 5.85.